The fraction of sp³-hybridized carbons (Fsp3) is 0.700. The van der Waals surface area contributed by atoms with Crippen molar-refractivity contribution < 1.29 is 0 Å². The molecule has 4 heteroatoms. The lowest BCUT2D eigenvalue weighted by Gasteiger charge is -2.20. The lowest BCUT2D eigenvalue weighted by atomic mass is 10.1. The van der Waals surface area contributed by atoms with Gasteiger partial charge in [-0.05, 0) is 32.9 Å². The fourth-order valence-electron chi connectivity index (χ4n) is 1.20. The smallest absolute Gasteiger partial charge is 0.136 e. The Morgan fingerprint density at radius 2 is 2.14 bits per heavy atom. The summed E-state index contributed by atoms with van der Waals surface area (Å²) in [7, 11) is 0. The van der Waals surface area contributed by atoms with Gasteiger partial charge in [-0.25, -0.2) is 4.68 Å². The van der Waals surface area contributed by atoms with Crippen LogP contribution < -0.4 is 5.73 Å². The number of hydrogen-bond donors (Lipinski definition) is 1. The van der Waals surface area contributed by atoms with Gasteiger partial charge in [0.25, 0.3) is 0 Å². The second-order valence-corrected chi connectivity index (χ2v) is 5.46. The van der Waals surface area contributed by atoms with Crippen molar-refractivity contribution in [3.05, 3.63) is 6.20 Å². The van der Waals surface area contributed by atoms with Crippen molar-refractivity contribution in [1.29, 1.82) is 0 Å². The van der Waals surface area contributed by atoms with E-state index in [2.05, 4.69) is 32.8 Å². The zero-order valence-electron chi connectivity index (χ0n) is 9.37. The monoisotopic (exact) mass is 213 g/mol. The third kappa shape index (κ3) is 2.44. The molecule has 0 aliphatic heterocycles. The van der Waals surface area contributed by atoms with E-state index in [1.165, 1.54) is 0 Å². The zero-order valence-corrected chi connectivity index (χ0v) is 10.2. The van der Waals surface area contributed by atoms with E-state index in [9.17, 15) is 0 Å². The SMILES string of the molecule is CCCSc1cnn(C(C)(C)C)c1N. The first-order valence-corrected chi connectivity index (χ1v) is 5.92. The summed E-state index contributed by atoms with van der Waals surface area (Å²) in [5, 5.41) is 4.31. The normalized spacial score (nSPS) is 12.0. The van der Waals surface area contributed by atoms with Gasteiger partial charge in [0.05, 0.1) is 16.6 Å². The number of nitrogens with zero attached hydrogens (tertiary/aromatic N) is 2. The Balaban J connectivity index is 2.86. The molecule has 0 spiro atoms. The van der Waals surface area contributed by atoms with Crippen molar-refractivity contribution in [3.8, 4) is 0 Å². The molecule has 0 aliphatic rings. The minimum atomic E-state index is -0.0326. The van der Waals surface area contributed by atoms with Gasteiger partial charge in [-0.3, -0.25) is 0 Å². The molecule has 0 radical (unpaired) electrons. The van der Waals surface area contributed by atoms with Crippen molar-refractivity contribution in [2.24, 2.45) is 0 Å². The summed E-state index contributed by atoms with van der Waals surface area (Å²) in [4.78, 5) is 1.10. The largest absolute Gasteiger partial charge is 0.383 e. The molecular weight excluding hydrogens is 194 g/mol. The fourth-order valence-corrected chi connectivity index (χ4v) is 1.98. The maximum atomic E-state index is 6.01. The van der Waals surface area contributed by atoms with E-state index < -0.39 is 0 Å². The summed E-state index contributed by atoms with van der Waals surface area (Å²) in [6, 6.07) is 0. The molecule has 0 aliphatic carbocycles. The van der Waals surface area contributed by atoms with Crippen LogP contribution in [0.1, 0.15) is 34.1 Å². The van der Waals surface area contributed by atoms with Crippen molar-refractivity contribution in [2.45, 2.75) is 44.6 Å². The van der Waals surface area contributed by atoms with Gasteiger partial charge in [0, 0.05) is 0 Å². The topological polar surface area (TPSA) is 43.8 Å². The molecule has 3 nitrogen and oxygen atoms in total. The quantitative estimate of drug-likeness (QED) is 0.785. The van der Waals surface area contributed by atoms with Crippen LogP contribution >= 0.6 is 11.8 Å². The Morgan fingerprint density at radius 1 is 1.50 bits per heavy atom. The van der Waals surface area contributed by atoms with E-state index in [1.807, 2.05) is 10.9 Å². The van der Waals surface area contributed by atoms with Gasteiger partial charge < -0.3 is 5.73 Å². The molecule has 14 heavy (non-hydrogen) atoms. The molecule has 0 amide bonds. The van der Waals surface area contributed by atoms with Gasteiger partial charge in [0.15, 0.2) is 0 Å². The second kappa shape index (κ2) is 4.26. The molecule has 1 aromatic rings. The van der Waals surface area contributed by atoms with Gasteiger partial charge in [-0.15, -0.1) is 11.8 Å². The van der Waals surface area contributed by atoms with Crippen LogP contribution in [0.3, 0.4) is 0 Å². The molecule has 0 fully saturated rings. The van der Waals surface area contributed by atoms with Crippen LogP contribution in [0.15, 0.2) is 11.1 Å². The van der Waals surface area contributed by atoms with Crippen LogP contribution in [0.2, 0.25) is 0 Å². The first-order chi connectivity index (χ1) is 6.46. The number of rotatable bonds is 3. The predicted molar refractivity (Wildman–Crippen MR) is 62.7 cm³/mol. The highest BCUT2D eigenvalue weighted by molar-refractivity contribution is 7.99. The maximum absolute atomic E-state index is 6.01. The average Bonchev–Trinajstić information content (AvgIpc) is 2.42. The van der Waals surface area contributed by atoms with E-state index in [4.69, 9.17) is 5.73 Å². The molecule has 0 bridgehead atoms. The van der Waals surface area contributed by atoms with Gasteiger partial charge >= 0.3 is 0 Å². The third-order valence-corrected chi connectivity index (χ3v) is 3.11. The Bertz CT molecular complexity index is 299. The standard InChI is InChI=1S/C10H19N3S/c1-5-6-14-8-7-12-13(9(8)11)10(2,3)4/h7H,5-6,11H2,1-4H3. The molecule has 0 saturated carbocycles. The van der Waals surface area contributed by atoms with Crippen LogP contribution in [0, 0.1) is 0 Å². The molecule has 1 aromatic heterocycles. The first-order valence-electron chi connectivity index (χ1n) is 4.93. The van der Waals surface area contributed by atoms with Crippen LogP contribution in [0.25, 0.3) is 0 Å². The highest BCUT2D eigenvalue weighted by Gasteiger charge is 2.18. The minimum Gasteiger partial charge on any atom is -0.383 e. The molecule has 1 heterocycles. The number of hydrogen-bond acceptors (Lipinski definition) is 3. The van der Waals surface area contributed by atoms with Gasteiger partial charge in [0.2, 0.25) is 0 Å². The molecule has 80 valence electrons. The van der Waals surface area contributed by atoms with Crippen molar-refractivity contribution in [1.82, 2.24) is 9.78 Å². The number of anilines is 1. The molecule has 0 unspecified atom stereocenters. The summed E-state index contributed by atoms with van der Waals surface area (Å²) in [5.74, 6) is 1.89. The van der Waals surface area contributed by atoms with E-state index >= 15 is 0 Å². The number of nitrogens with two attached hydrogens (primary N) is 1. The van der Waals surface area contributed by atoms with E-state index in [0.717, 1.165) is 22.9 Å². The highest BCUT2D eigenvalue weighted by atomic mass is 32.2. The number of nitrogen functional groups attached to an aromatic ring is 1. The lowest BCUT2D eigenvalue weighted by Crippen LogP contribution is -2.24. The third-order valence-electron chi connectivity index (χ3n) is 1.87. The van der Waals surface area contributed by atoms with Crippen LogP contribution in [0.5, 0.6) is 0 Å². The summed E-state index contributed by atoms with van der Waals surface area (Å²) < 4.78 is 1.88. The summed E-state index contributed by atoms with van der Waals surface area (Å²) in [5.41, 5.74) is 5.98. The predicted octanol–water partition coefficient (Wildman–Crippen LogP) is 2.72. The first kappa shape index (κ1) is 11.4. The van der Waals surface area contributed by atoms with Gasteiger partial charge in [-0.2, -0.15) is 5.10 Å². The lowest BCUT2D eigenvalue weighted by molar-refractivity contribution is 0.361. The number of thioether (sulfide) groups is 1. The van der Waals surface area contributed by atoms with E-state index in [1.54, 1.807) is 11.8 Å². The van der Waals surface area contributed by atoms with Gasteiger partial charge in [-0.1, -0.05) is 6.92 Å². The van der Waals surface area contributed by atoms with Gasteiger partial charge in [0.1, 0.15) is 5.82 Å². The maximum Gasteiger partial charge on any atom is 0.136 e. The average molecular weight is 213 g/mol. The molecule has 0 saturated heterocycles. The molecule has 1 rings (SSSR count). The summed E-state index contributed by atoms with van der Waals surface area (Å²) >= 11 is 1.78. The van der Waals surface area contributed by atoms with E-state index in [0.29, 0.717) is 0 Å². The summed E-state index contributed by atoms with van der Waals surface area (Å²) in [6.07, 6.45) is 3.02. The van der Waals surface area contributed by atoms with Crippen LogP contribution in [-0.4, -0.2) is 15.5 Å². The Morgan fingerprint density at radius 3 is 2.57 bits per heavy atom. The van der Waals surface area contributed by atoms with Crippen LogP contribution in [-0.2, 0) is 5.54 Å². The molecule has 2 N–H and O–H groups in total. The van der Waals surface area contributed by atoms with Crippen molar-refractivity contribution in [3.63, 3.8) is 0 Å². The highest BCUT2D eigenvalue weighted by Crippen LogP contribution is 2.28. The van der Waals surface area contributed by atoms with Crippen LogP contribution in [0.4, 0.5) is 5.82 Å². The molecule has 0 aromatic carbocycles. The molecule has 0 atom stereocenters. The minimum absolute atomic E-state index is 0.0326. The Labute approximate surface area is 90.1 Å². The van der Waals surface area contributed by atoms with E-state index in [-0.39, 0.29) is 5.54 Å². The van der Waals surface area contributed by atoms with Crippen molar-refractivity contribution >= 4 is 17.6 Å². The summed E-state index contributed by atoms with van der Waals surface area (Å²) in [6.45, 7) is 8.47. The number of aromatic nitrogens is 2. The van der Waals surface area contributed by atoms with Crippen molar-refractivity contribution in [2.75, 3.05) is 11.5 Å². The zero-order chi connectivity index (χ0) is 10.8. The second-order valence-electron chi connectivity index (χ2n) is 4.33. The Hall–Kier alpha value is -0.640. The Kier molecular flexibility index (Phi) is 3.48. The molecular formula is C10H19N3S.